The van der Waals surface area contributed by atoms with E-state index in [1.807, 2.05) is 12.1 Å². The maximum absolute atomic E-state index is 12.4. The number of likely N-dealkylation sites (tertiary alicyclic amines) is 1. The van der Waals surface area contributed by atoms with E-state index in [2.05, 4.69) is 10.2 Å². The summed E-state index contributed by atoms with van der Waals surface area (Å²) in [6, 6.07) is 7.12. The summed E-state index contributed by atoms with van der Waals surface area (Å²) in [4.78, 5) is 28.6. The first-order valence-corrected chi connectivity index (χ1v) is 8.62. The van der Waals surface area contributed by atoms with Crippen LogP contribution in [0.5, 0.6) is 0 Å². The number of benzene rings is 1. The Bertz CT molecular complexity index is 581. The Hall–Kier alpha value is -1.72. The van der Waals surface area contributed by atoms with Crippen molar-refractivity contribution < 1.29 is 9.59 Å². The molecule has 1 aromatic rings. The lowest BCUT2D eigenvalue weighted by Gasteiger charge is -2.23. The molecule has 3 aliphatic heterocycles. The SMILES string of the molecule is O=C1c2ccccc2C(=O)N1CCN1CCC2CNCC2CC1. The molecule has 2 amide bonds. The van der Waals surface area contributed by atoms with Gasteiger partial charge < -0.3 is 10.2 Å². The first-order chi connectivity index (χ1) is 11.2. The number of hydrogen-bond acceptors (Lipinski definition) is 4. The molecule has 3 heterocycles. The minimum Gasteiger partial charge on any atom is -0.316 e. The molecular weight excluding hydrogens is 290 g/mol. The molecule has 2 unspecified atom stereocenters. The van der Waals surface area contributed by atoms with Crippen LogP contribution in [-0.2, 0) is 0 Å². The third-order valence-corrected chi connectivity index (χ3v) is 5.63. The monoisotopic (exact) mass is 313 g/mol. The van der Waals surface area contributed by atoms with Gasteiger partial charge in [-0.25, -0.2) is 0 Å². The molecule has 0 bridgehead atoms. The summed E-state index contributed by atoms with van der Waals surface area (Å²) in [6.45, 7) is 5.74. The highest BCUT2D eigenvalue weighted by Gasteiger charge is 2.35. The number of rotatable bonds is 3. The molecule has 2 fully saturated rings. The van der Waals surface area contributed by atoms with Crippen molar-refractivity contribution in [3.8, 4) is 0 Å². The summed E-state index contributed by atoms with van der Waals surface area (Å²) < 4.78 is 0. The maximum Gasteiger partial charge on any atom is 0.261 e. The predicted molar refractivity (Wildman–Crippen MR) is 87.3 cm³/mol. The van der Waals surface area contributed by atoms with Crippen molar-refractivity contribution >= 4 is 11.8 Å². The van der Waals surface area contributed by atoms with Gasteiger partial charge in [0.05, 0.1) is 11.1 Å². The van der Waals surface area contributed by atoms with Crippen molar-refractivity contribution in [1.29, 1.82) is 0 Å². The molecule has 0 aliphatic carbocycles. The number of hydrogen-bond donors (Lipinski definition) is 1. The lowest BCUT2D eigenvalue weighted by atomic mass is 9.92. The van der Waals surface area contributed by atoms with E-state index in [1.165, 1.54) is 17.7 Å². The van der Waals surface area contributed by atoms with Gasteiger partial charge in [-0.05, 0) is 63.0 Å². The molecule has 0 radical (unpaired) electrons. The van der Waals surface area contributed by atoms with Gasteiger partial charge in [0, 0.05) is 13.1 Å². The molecule has 23 heavy (non-hydrogen) atoms. The van der Waals surface area contributed by atoms with E-state index < -0.39 is 0 Å². The van der Waals surface area contributed by atoms with Crippen LogP contribution in [0.15, 0.2) is 24.3 Å². The zero-order valence-corrected chi connectivity index (χ0v) is 13.3. The summed E-state index contributed by atoms with van der Waals surface area (Å²) in [6.07, 6.45) is 2.44. The molecule has 1 N–H and O–H groups in total. The van der Waals surface area contributed by atoms with E-state index in [-0.39, 0.29) is 11.8 Å². The maximum atomic E-state index is 12.4. The molecule has 2 saturated heterocycles. The fourth-order valence-electron chi connectivity index (χ4n) is 4.18. The molecule has 0 aromatic heterocycles. The van der Waals surface area contributed by atoms with E-state index in [4.69, 9.17) is 0 Å². The lowest BCUT2D eigenvalue weighted by molar-refractivity contribution is 0.0636. The van der Waals surface area contributed by atoms with Crippen molar-refractivity contribution in [3.05, 3.63) is 35.4 Å². The molecule has 3 aliphatic rings. The summed E-state index contributed by atoms with van der Waals surface area (Å²) in [5.41, 5.74) is 1.10. The van der Waals surface area contributed by atoms with Gasteiger partial charge >= 0.3 is 0 Å². The quantitative estimate of drug-likeness (QED) is 0.853. The average molecular weight is 313 g/mol. The second kappa shape index (κ2) is 6.06. The Balaban J connectivity index is 1.37. The van der Waals surface area contributed by atoms with E-state index in [0.717, 1.165) is 44.6 Å². The zero-order valence-electron chi connectivity index (χ0n) is 13.3. The molecule has 5 nitrogen and oxygen atoms in total. The standard InChI is InChI=1S/C18H23N3O2/c22-17-15-3-1-2-4-16(15)18(23)21(17)10-9-20-7-5-13-11-19-12-14(13)6-8-20/h1-4,13-14,19H,5-12H2. The highest BCUT2D eigenvalue weighted by atomic mass is 16.2. The van der Waals surface area contributed by atoms with Crippen LogP contribution in [0, 0.1) is 11.8 Å². The third-order valence-electron chi connectivity index (χ3n) is 5.63. The molecule has 0 spiro atoms. The van der Waals surface area contributed by atoms with Gasteiger partial charge in [-0.1, -0.05) is 12.1 Å². The zero-order chi connectivity index (χ0) is 15.8. The molecule has 1 aromatic carbocycles. The van der Waals surface area contributed by atoms with Crippen molar-refractivity contribution in [2.24, 2.45) is 11.8 Å². The lowest BCUT2D eigenvalue weighted by Crippen LogP contribution is -2.39. The first kappa shape index (κ1) is 14.8. The van der Waals surface area contributed by atoms with Crippen LogP contribution in [0.25, 0.3) is 0 Å². The van der Waals surface area contributed by atoms with E-state index >= 15 is 0 Å². The summed E-state index contributed by atoms with van der Waals surface area (Å²) in [7, 11) is 0. The minimum atomic E-state index is -0.138. The molecule has 4 rings (SSSR count). The van der Waals surface area contributed by atoms with Gasteiger partial charge in [0.15, 0.2) is 0 Å². The Morgan fingerprint density at radius 2 is 1.48 bits per heavy atom. The topological polar surface area (TPSA) is 52.7 Å². The number of imide groups is 1. The molecule has 5 heteroatoms. The van der Waals surface area contributed by atoms with Gasteiger partial charge in [-0.15, -0.1) is 0 Å². The Kier molecular flexibility index (Phi) is 3.91. The van der Waals surface area contributed by atoms with Crippen molar-refractivity contribution in [1.82, 2.24) is 15.1 Å². The van der Waals surface area contributed by atoms with Crippen molar-refractivity contribution in [3.63, 3.8) is 0 Å². The van der Waals surface area contributed by atoms with Gasteiger partial charge in [-0.2, -0.15) is 0 Å². The smallest absolute Gasteiger partial charge is 0.261 e. The van der Waals surface area contributed by atoms with Crippen LogP contribution < -0.4 is 5.32 Å². The van der Waals surface area contributed by atoms with Crippen LogP contribution in [0.4, 0.5) is 0 Å². The second-order valence-corrected chi connectivity index (χ2v) is 6.90. The Labute approximate surface area is 136 Å². The van der Waals surface area contributed by atoms with Crippen LogP contribution in [0.3, 0.4) is 0 Å². The summed E-state index contributed by atoms with van der Waals surface area (Å²) in [5, 5.41) is 3.49. The highest BCUT2D eigenvalue weighted by molar-refractivity contribution is 6.21. The van der Waals surface area contributed by atoms with Crippen LogP contribution in [0.1, 0.15) is 33.6 Å². The van der Waals surface area contributed by atoms with Crippen LogP contribution in [0.2, 0.25) is 0 Å². The van der Waals surface area contributed by atoms with Gasteiger partial charge in [0.25, 0.3) is 11.8 Å². The predicted octanol–water partition coefficient (Wildman–Crippen LogP) is 1.21. The van der Waals surface area contributed by atoms with Gasteiger partial charge in [0.2, 0.25) is 0 Å². The van der Waals surface area contributed by atoms with Crippen molar-refractivity contribution in [2.75, 3.05) is 39.3 Å². The largest absolute Gasteiger partial charge is 0.316 e. The Morgan fingerprint density at radius 1 is 0.913 bits per heavy atom. The number of nitrogens with one attached hydrogen (secondary N) is 1. The number of carbonyl (C=O) groups excluding carboxylic acids is 2. The summed E-state index contributed by atoms with van der Waals surface area (Å²) in [5.74, 6) is 1.33. The number of carbonyl (C=O) groups is 2. The van der Waals surface area contributed by atoms with E-state index in [0.29, 0.717) is 17.7 Å². The van der Waals surface area contributed by atoms with E-state index in [1.54, 1.807) is 12.1 Å². The van der Waals surface area contributed by atoms with Crippen molar-refractivity contribution in [2.45, 2.75) is 12.8 Å². The molecule has 122 valence electrons. The molecule has 0 saturated carbocycles. The fraction of sp³-hybridized carbons (Fsp3) is 0.556. The number of fused-ring (bicyclic) bond motifs is 2. The number of nitrogens with zero attached hydrogens (tertiary/aromatic N) is 2. The molecule has 2 atom stereocenters. The highest BCUT2D eigenvalue weighted by Crippen LogP contribution is 2.27. The van der Waals surface area contributed by atoms with Crippen LogP contribution >= 0.6 is 0 Å². The van der Waals surface area contributed by atoms with Crippen LogP contribution in [-0.4, -0.2) is 60.9 Å². The Morgan fingerprint density at radius 3 is 2.04 bits per heavy atom. The minimum absolute atomic E-state index is 0.138. The normalized spacial score (nSPS) is 27.9. The first-order valence-electron chi connectivity index (χ1n) is 8.62. The van der Waals surface area contributed by atoms with Gasteiger partial charge in [-0.3, -0.25) is 14.5 Å². The third kappa shape index (κ3) is 2.68. The molecular formula is C18H23N3O2. The fourth-order valence-corrected chi connectivity index (χ4v) is 4.18. The number of amides is 2. The average Bonchev–Trinajstić information content (AvgIpc) is 3.05. The second-order valence-electron chi connectivity index (χ2n) is 6.90. The van der Waals surface area contributed by atoms with E-state index in [9.17, 15) is 9.59 Å². The van der Waals surface area contributed by atoms with Gasteiger partial charge in [0.1, 0.15) is 0 Å². The summed E-state index contributed by atoms with van der Waals surface area (Å²) >= 11 is 0.